The molecule has 8 nitrogen and oxygen atoms in total. The number of hydrogen-bond donors (Lipinski definition) is 1. The molecule has 158 valence electrons. The summed E-state index contributed by atoms with van der Waals surface area (Å²) in [7, 11) is 1.63. The fourth-order valence-corrected chi connectivity index (χ4v) is 3.93. The monoisotopic (exact) mass is 436 g/mol. The number of anilines is 1. The zero-order valence-electron chi connectivity index (χ0n) is 17.4. The van der Waals surface area contributed by atoms with Crippen molar-refractivity contribution in [2.45, 2.75) is 26.8 Å². The lowest BCUT2D eigenvalue weighted by Gasteiger charge is -2.16. The molecule has 0 aliphatic heterocycles. The molecule has 0 aliphatic carbocycles. The lowest BCUT2D eigenvalue weighted by atomic mass is 10.1. The number of fused-ring (bicyclic) bond motifs is 1. The van der Waals surface area contributed by atoms with Crippen LogP contribution in [-0.2, 0) is 13.0 Å². The van der Waals surface area contributed by atoms with Crippen molar-refractivity contribution in [3.05, 3.63) is 80.2 Å². The summed E-state index contributed by atoms with van der Waals surface area (Å²) < 4.78 is 7.36. The van der Waals surface area contributed by atoms with E-state index < -0.39 is 0 Å². The average molecular weight is 437 g/mol. The van der Waals surface area contributed by atoms with Crippen molar-refractivity contribution in [1.29, 1.82) is 0 Å². The standard InChI is InChI=1S/C22H21ClN6O2/c1-12-9-26-16(13(2)19(12)31-3)11-29-10-15(8-14-4-6-25-7-5-14)18(30)17-20(23)27-22(24)28-21(17)29/h4-7,9-10H,8,11H2,1-3H3,(H2,24,27,28). The van der Waals surface area contributed by atoms with E-state index in [9.17, 15) is 4.79 Å². The van der Waals surface area contributed by atoms with Crippen molar-refractivity contribution in [1.82, 2.24) is 24.5 Å². The molecule has 0 amide bonds. The van der Waals surface area contributed by atoms with E-state index in [4.69, 9.17) is 22.1 Å². The predicted molar refractivity (Wildman–Crippen MR) is 120 cm³/mol. The first-order valence-electron chi connectivity index (χ1n) is 9.62. The highest BCUT2D eigenvalue weighted by molar-refractivity contribution is 6.34. The van der Waals surface area contributed by atoms with Gasteiger partial charge in [0.25, 0.3) is 0 Å². The van der Waals surface area contributed by atoms with Gasteiger partial charge < -0.3 is 15.0 Å². The van der Waals surface area contributed by atoms with Crippen LogP contribution in [0.4, 0.5) is 5.95 Å². The molecular formula is C22H21ClN6O2. The number of nitrogen functional groups attached to an aromatic ring is 1. The second kappa shape index (κ2) is 8.31. The van der Waals surface area contributed by atoms with Gasteiger partial charge in [-0.05, 0) is 31.5 Å². The third-order valence-electron chi connectivity index (χ3n) is 5.18. The first-order chi connectivity index (χ1) is 14.9. The van der Waals surface area contributed by atoms with Crippen LogP contribution in [0.5, 0.6) is 5.75 Å². The molecule has 31 heavy (non-hydrogen) atoms. The Kier molecular flexibility index (Phi) is 5.56. The maximum absolute atomic E-state index is 13.2. The van der Waals surface area contributed by atoms with E-state index in [0.717, 1.165) is 28.1 Å². The molecule has 4 aromatic heterocycles. The minimum absolute atomic E-state index is 0.00120. The number of methoxy groups -OCH3 is 1. The Hall–Kier alpha value is -3.52. The van der Waals surface area contributed by atoms with Gasteiger partial charge in [-0.15, -0.1) is 0 Å². The third-order valence-corrected chi connectivity index (χ3v) is 5.45. The Morgan fingerprint density at radius 3 is 2.65 bits per heavy atom. The summed E-state index contributed by atoms with van der Waals surface area (Å²) in [5.41, 5.74) is 10.1. The minimum atomic E-state index is -0.223. The Bertz CT molecular complexity index is 1340. The van der Waals surface area contributed by atoms with Crippen LogP contribution in [0.2, 0.25) is 5.15 Å². The highest BCUT2D eigenvalue weighted by Crippen LogP contribution is 2.26. The summed E-state index contributed by atoms with van der Waals surface area (Å²) in [6.07, 6.45) is 7.35. The number of rotatable bonds is 5. The molecular weight excluding hydrogens is 416 g/mol. The predicted octanol–water partition coefficient (Wildman–Crippen LogP) is 3.08. The average Bonchev–Trinajstić information content (AvgIpc) is 2.74. The molecule has 0 radical (unpaired) electrons. The molecule has 0 bridgehead atoms. The van der Waals surface area contributed by atoms with Crippen LogP contribution in [0, 0.1) is 13.8 Å². The van der Waals surface area contributed by atoms with E-state index in [1.54, 1.807) is 31.9 Å². The number of aryl methyl sites for hydroxylation is 1. The normalized spacial score (nSPS) is 11.1. The SMILES string of the molecule is COc1c(C)cnc(Cn2cc(Cc3ccncc3)c(=O)c3c(Cl)nc(N)nc32)c1C. The smallest absolute Gasteiger partial charge is 0.223 e. The number of pyridine rings is 3. The van der Waals surface area contributed by atoms with Crippen molar-refractivity contribution in [2.24, 2.45) is 0 Å². The number of nitrogens with zero attached hydrogens (tertiary/aromatic N) is 5. The number of ether oxygens (including phenoxy) is 1. The van der Waals surface area contributed by atoms with Gasteiger partial charge in [0.2, 0.25) is 5.95 Å². The third kappa shape index (κ3) is 3.94. The quantitative estimate of drug-likeness (QED) is 0.479. The summed E-state index contributed by atoms with van der Waals surface area (Å²) in [4.78, 5) is 30.1. The zero-order valence-corrected chi connectivity index (χ0v) is 18.1. The van der Waals surface area contributed by atoms with Crippen LogP contribution < -0.4 is 15.9 Å². The summed E-state index contributed by atoms with van der Waals surface area (Å²) >= 11 is 6.33. The van der Waals surface area contributed by atoms with Crippen molar-refractivity contribution in [2.75, 3.05) is 12.8 Å². The van der Waals surface area contributed by atoms with Crippen molar-refractivity contribution >= 4 is 28.6 Å². The van der Waals surface area contributed by atoms with Gasteiger partial charge in [0.05, 0.1) is 19.3 Å². The van der Waals surface area contributed by atoms with Crippen molar-refractivity contribution in [3.8, 4) is 5.75 Å². The first kappa shape index (κ1) is 20.7. The zero-order chi connectivity index (χ0) is 22.1. The molecule has 2 N–H and O–H groups in total. The van der Waals surface area contributed by atoms with Crippen LogP contribution in [-0.4, -0.2) is 31.6 Å². The van der Waals surface area contributed by atoms with Gasteiger partial charge in [-0.25, -0.2) is 4.98 Å². The summed E-state index contributed by atoms with van der Waals surface area (Å²) in [5, 5.41) is 0.267. The van der Waals surface area contributed by atoms with Crippen LogP contribution in [0.1, 0.15) is 27.9 Å². The topological polar surface area (TPSA) is 109 Å². The second-order valence-electron chi connectivity index (χ2n) is 7.26. The van der Waals surface area contributed by atoms with E-state index in [1.807, 2.05) is 30.5 Å². The van der Waals surface area contributed by atoms with Crippen molar-refractivity contribution < 1.29 is 4.74 Å². The number of hydrogen-bond acceptors (Lipinski definition) is 7. The van der Waals surface area contributed by atoms with E-state index >= 15 is 0 Å². The van der Waals surface area contributed by atoms with Gasteiger partial charge in [0.15, 0.2) is 11.1 Å². The van der Waals surface area contributed by atoms with Crippen molar-refractivity contribution in [3.63, 3.8) is 0 Å². The minimum Gasteiger partial charge on any atom is -0.496 e. The van der Waals surface area contributed by atoms with Crippen LogP contribution in [0.3, 0.4) is 0 Å². The van der Waals surface area contributed by atoms with E-state index in [1.165, 1.54) is 0 Å². The summed E-state index contributed by atoms with van der Waals surface area (Å²) in [6.45, 7) is 4.25. The van der Waals surface area contributed by atoms with E-state index in [-0.39, 0.29) is 21.9 Å². The fraction of sp³-hybridized carbons (Fsp3) is 0.227. The fourth-order valence-electron chi connectivity index (χ4n) is 3.67. The molecule has 0 aromatic carbocycles. The molecule has 4 rings (SSSR count). The Balaban J connectivity index is 1.92. The van der Waals surface area contributed by atoms with Crippen LogP contribution in [0.25, 0.3) is 11.0 Å². The molecule has 4 aromatic rings. The molecule has 9 heteroatoms. The molecule has 0 saturated heterocycles. The van der Waals surface area contributed by atoms with Gasteiger partial charge in [-0.3, -0.25) is 14.8 Å². The molecule has 0 aliphatic rings. The van der Waals surface area contributed by atoms with E-state index in [0.29, 0.717) is 24.2 Å². The van der Waals surface area contributed by atoms with Gasteiger partial charge in [0.1, 0.15) is 16.3 Å². The molecule has 0 fully saturated rings. The lowest BCUT2D eigenvalue weighted by molar-refractivity contribution is 0.406. The van der Waals surface area contributed by atoms with Gasteiger partial charge in [-0.1, -0.05) is 11.6 Å². The lowest BCUT2D eigenvalue weighted by Crippen LogP contribution is -2.19. The van der Waals surface area contributed by atoms with Gasteiger partial charge in [-0.2, -0.15) is 4.98 Å². The molecule has 0 atom stereocenters. The highest BCUT2D eigenvalue weighted by atomic mass is 35.5. The molecule has 0 spiro atoms. The number of nitrogens with two attached hydrogens (primary N) is 1. The van der Waals surface area contributed by atoms with Crippen LogP contribution >= 0.6 is 11.6 Å². The first-order valence-corrected chi connectivity index (χ1v) is 9.99. The highest BCUT2D eigenvalue weighted by Gasteiger charge is 2.18. The molecule has 4 heterocycles. The number of aromatic nitrogens is 5. The summed E-state index contributed by atoms with van der Waals surface area (Å²) in [5.74, 6) is 0.776. The van der Waals surface area contributed by atoms with Gasteiger partial charge >= 0.3 is 0 Å². The van der Waals surface area contributed by atoms with Crippen LogP contribution in [0.15, 0.2) is 41.7 Å². The Morgan fingerprint density at radius 2 is 1.94 bits per heavy atom. The maximum Gasteiger partial charge on any atom is 0.223 e. The van der Waals surface area contributed by atoms with Gasteiger partial charge in [0, 0.05) is 47.9 Å². The maximum atomic E-state index is 13.2. The molecule has 0 unspecified atom stereocenters. The molecule has 0 saturated carbocycles. The summed E-state index contributed by atoms with van der Waals surface area (Å²) in [6, 6.07) is 3.73. The second-order valence-corrected chi connectivity index (χ2v) is 7.62. The number of halogens is 1. The van der Waals surface area contributed by atoms with E-state index in [2.05, 4.69) is 19.9 Å². The Morgan fingerprint density at radius 1 is 1.19 bits per heavy atom. The largest absolute Gasteiger partial charge is 0.496 e. The Labute approximate surface area is 183 Å².